The SMILES string of the molecule is CCC(=Cc1sc2ccc3ccccc3c2[n+]1CCCS(=O)(=O)O)C=C1Sc2ccc(Cl)cc2N1CCCOS(=O)O. The largest absolute Gasteiger partial charge is 0.335 e. The van der Waals surface area contributed by atoms with E-state index < -0.39 is 21.5 Å². The van der Waals surface area contributed by atoms with Crippen LogP contribution in [0.15, 0.2) is 76.2 Å². The van der Waals surface area contributed by atoms with Crippen molar-refractivity contribution >= 4 is 88.9 Å². The van der Waals surface area contributed by atoms with Crippen LogP contribution in [-0.4, -0.2) is 40.6 Å². The van der Waals surface area contributed by atoms with Crippen molar-refractivity contribution in [2.24, 2.45) is 0 Å². The summed E-state index contributed by atoms with van der Waals surface area (Å²) in [7, 11) is -4.07. The molecule has 4 aromatic rings. The molecular weight excluding hydrogens is 636 g/mol. The maximum atomic E-state index is 11.5. The van der Waals surface area contributed by atoms with E-state index in [1.807, 2.05) is 30.3 Å². The topological polar surface area (TPSA) is 108 Å². The molecule has 2 heterocycles. The van der Waals surface area contributed by atoms with E-state index in [0.717, 1.165) is 53.6 Å². The van der Waals surface area contributed by atoms with Gasteiger partial charge in [-0.15, -0.1) is 0 Å². The highest BCUT2D eigenvalue weighted by Gasteiger charge is 2.26. The minimum absolute atomic E-state index is 0.142. The zero-order chi connectivity index (χ0) is 29.9. The van der Waals surface area contributed by atoms with E-state index in [1.54, 1.807) is 23.1 Å². The van der Waals surface area contributed by atoms with E-state index in [0.29, 0.717) is 24.5 Å². The molecule has 2 N–H and O–H groups in total. The molecule has 1 aliphatic heterocycles. The molecule has 1 unspecified atom stereocenters. The molecule has 8 nitrogen and oxygen atoms in total. The van der Waals surface area contributed by atoms with Gasteiger partial charge in [0, 0.05) is 29.0 Å². The number of aryl methyl sites for hydroxylation is 1. The highest BCUT2D eigenvalue weighted by atomic mass is 35.5. The summed E-state index contributed by atoms with van der Waals surface area (Å²) in [6, 6.07) is 18.1. The summed E-state index contributed by atoms with van der Waals surface area (Å²) >= 11 is 7.31. The molecule has 1 aromatic heterocycles. The van der Waals surface area contributed by atoms with Gasteiger partial charge in [-0.25, -0.2) is 0 Å². The first-order chi connectivity index (χ1) is 20.1. The number of fused-ring (bicyclic) bond motifs is 4. The highest BCUT2D eigenvalue weighted by Crippen LogP contribution is 2.47. The molecule has 3 aromatic carbocycles. The first kappa shape index (κ1) is 31.1. The molecule has 222 valence electrons. The monoisotopic (exact) mass is 665 g/mol. The molecule has 0 saturated heterocycles. The smallest absolute Gasteiger partial charge is 0.301 e. The number of thioether (sulfide) groups is 1. The second-order valence-electron chi connectivity index (χ2n) is 9.68. The number of benzene rings is 3. The van der Waals surface area contributed by atoms with Crippen molar-refractivity contribution in [2.75, 3.05) is 23.8 Å². The van der Waals surface area contributed by atoms with E-state index in [9.17, 15) is 17.2 Å². The van der Waals surface area contributed by atoms with Crippen molar-refractivity contribution in [1.29, 1.82) is 0 Å². The van der Waals surface area contributed by atoms with Crippen LogP contribution in [0.5, 0.6) is 0 Å². The van der Waals surface area contributed by atoms with Crippen molar-refractivity contribution in [1.82, 2.24) is 0 Å². The van der Waals surface area contributed by atoms with Gasteiger partial charge in [0.2, 0.25) is 5.52 Å². The van der Waals surface area contributed by atoms with Crippen LogP contribution in [-0.2, 0) is 32.2 Å². The number of nitrogens with zero attached hydrogens (tertiary/aromatic N) is 2. The zero-order valence-corrected chi connectivity index (χ0v) is 26.8. The second-order valence-corrected chi connectivity index (χ2v) is 14.5. The number of halogens is 1. The Morgan fingerprint density at radius 3 is 2.74 bits per heavy atom. The number of allylic oxidation sites excluding steroid dienone is 2. The molecule has 0 saturated carbocycles. The molecule has 0 fully saturated rings. The van der Waals surface area contributed by atoms with Gasteiger partial charge in [-0.1, -0.05) is 65.9 Å². The van der Waals surface area contributed by atoms with Gasteiger partial charge in [0.15, 0.2) is 6.54 Å². The molecule has 0 aliphatic carbocycles. The summed E-state index contributed by atoms with van der Waals surface area (Å²) in [6.45, 7) is 3.24. The average molecular weight is 666 g/mol. The lowest BCUT2D eigenvalue weighted by Gasteiger charge is -2.20. The Morgan fingerprint density at radius 1 is 1.17 bits per heavy atom. The predicted molar refractivity (Wildman–Crippen MR) is 173 cm³/mol. The van der Waals surface area contributed by atoms with Crippen LogP contribution < -0.4 is 9.47 Å². The van der Waals surface area contributed by atoms with E-state index in [1.165, 1.54) is 0 Å². The summed E-state index contributed by atoms with van der Waals surface area (Å²) < 4.78 is 60.3. The fraction of sp³-hybridized carbons (Fsp3) is 0.276. The lowest BCUT2D eigenvalue weighted by atomic mass is 10.1. The number of aromatic nitrogens is 1. The number of hydrogen-bond acceptors (Lipinski definition) is 7. The van der Waals surface area contributed by atoms with Gasteiger partial charge < -0.3 is 4.90 Å². The van der Waals surface area contributed by atoms with Crippen LogP contribution in [0.1, 0.15) is 31.2 Å². The van der Waals surface area contributed by atoms with Gasteiger partial charge in [-0.05, 0) is 60.2 Å². The van der Waals surface area contributed by atoms with Crippen LogP contribution in [0.4, 0.5) is 5.69 Å². The van der Waals surface area contributed by atoms with Gasteiger partial charge in [0.25, 0.3) is 15.1 Å². The normalized spacial score (nSPS) is 15.7. The molecule has 1 atom stereocenters. The number of thiazole rings is 1. The van der Waals surface area contributed by atoms with Gasteiger partial charge in [0.1, 0.15) is 4.70 Å². The second kappa shape index (κ2) is 13.6. The molecule has 0 bridgehead atoms. The molecule has 0 amide bonds. The van der Waals surface area contributed by atoms with Crippen LogP contribution in [0.25, 0.3) is 27.1 Å². The number of anilines is 1. The van der Waals surface area contributed by atoms with Crippen LogP contribution in [0.2, 0.25) is 5.02 Å². The summed E-state index contributed by atoms with van der Waals surface area (Å²) in [5, 5.41) is 4.81. The third kappa shape index (κ3) is 7.43. The quantitative estimate of drug-likeness (QED) is 0.0717. The van der Waals surface area contributed by atoms with Gasteiger partial charge in [-0.3, -0.25) is 13.3 Å². The third-order valence-electron chi connectivity index (χ3n) is 6.83. The standard InChI is InChI=1S/C29H29ClN2O6S4/c1-2-20(17-27-31(13-5-15-38-41(33)34)24-19-22(30)10-12-25(24)39-27)18-28-32(14-6-16-42(35,36)37)29-23-8-4-3-7-21(23)9-11-26(29)40-28/h3-4,7-12,17-19H,2,5-6,13-16H2,1H3,(H-,33,34,35,36,37)/p+1. The molecule has 1 aliphatic rings. The maximum absolute atomic E-state index is 11.5. The Bertz CT molecular complexity index is 1820. The van der Waals surface area contributed by atoms with Gasteiger partial charge >= 0.3 is 11.4 Å². The lowest BCUT2D eigenvalue weighted by molar-refractivity contribution is -0.667. The van der Waals surface area contributed by atoms with Crippen molar-refractivity contribution < 1.29 is 30.5 Å². The Balaban J connectivity index is 1.54. The van der Waals surface area contributed by atoms with Crippen molar-refractivity contribution in [3.05, 3.63) is 81.3 Å². The van der Waals surface area contributed by atoms with E-state index >= 15 is 0 Å². The average Bonchev–Trinajstić information content (AvgIpc) is 3.46. The van der Waals surface area contributed by atoms with Crippen LogP contribution >= 0.6 is 34.7 Å². The Labute approximate surface area is 260 Å². The molecule has 0 spiro atoms. The Morgan fingerprint density at radius 2 is 1.98 bits per heavy atom. The van der Waals surface area contributed by atoms with Gasteiger partial charge in [0.05, 0.1) is 28.5 Å². The summed E-state index contributed by atoms with van der Waals surface area (Å²) in [5.74, 6) is -0.310. The summed E-state index contributed by atoms with van der Waals surface area (Å²) in [4.78, 5) is 3.22. The first-order valence-electron chi connectivity index (χ1n) is 13.3. The van der Waals surface area contributed by atoms with Crippen LogP contribution in [0.3, 0.4) is 0 Å². The lowest BCUT2D eigenvalue weighted by Crippen LogP contribution is -2.36. The number of hydrogen-bond donors (Lipinski definition) is 2. The molecule has 42 heavy (non-hydrogen) atoms. The van der Waals surface area contributed by atoms with E-state index in [4.69, 9.17) is 20.3 Å². The summed E-state index contributed by atoms with van der Waals surface area (Å²) in [5.41, 5.74) is 3.10. The minimum Gasteiger partial charge on any atom is -0.335 e. The zero-order valence-electron chi connectivity index (χ0n) is 22.7. The molecular formula is C29H30ClN2O6S4+. The Kier molecular flexibility index (Phi) is 10.1. The third-order valence-corrected chi connectivity index (χ3v) is 10.4. The maximum Gasteiger partial charge on any atom is 0.301 e. The fourth-order valence-corrected chi connectivity index (χ4v) is 8.18. The molecule has 0 radical (unpaired) electrons. The minimum atomic E-state index is -4.07. The van der Waals surface area contributed by atoms with Crippen molar-refractivity contribution in [2.45, 2.75) is 37.6 Å². The van der Waals surface area contributed by atoms with Gasteiger partial charge in [-0.2, -0.15) is 17.2 Å². The highest BCUT2D eigenvalue weighted by molar-refractivity contribution is 8.03. The van der Waals surface area contributed by atoms with E-state index in [-0.39, 0.29) is 18.8 Å². The molecule has 13 heteroatoms. The van der Waals surface area contributed by atoms with Crippen LogP contribution in [0, 0.1) is 0 Å². The first-order valence-corrected chi connectivity index (χ1v) is 18.0. The molecule has 5 rings (SSSR count). The van der Waals surface area contributed by atoms with Crippen molar-refractivity contribution in [3.63, 3.8) is 0 Å². The fourth-order valence-electron chi connectivity index (χ4n) is 4.94. The van der Waals surface area contributed by atoms with E-state index in [2.05, 4.69) is 52.8 Å². The number of rotatable bonds is 12. The van der Waals surface area contributed by atoms with Crippen molar-refractivity contribution in [3.8, 4) is 0 Å². The summed E-state index contributed by atoms with van der Waals surface area (Å²) in [6.07, 6.45) is 5.86. The Hall–Kier alpha value is -2.29. The predicted octanol–water partition coefficient (Wildman–Crippen LogP) is 7.06.